The monoisotopic (exact) mass is 395 g/mol. The number of imide groups is 1. The Morgan fingerprint density at radius 3 is 2.66 bits per heavy atom. The fraction of sp³-hybridized carbons (Fsp3) is 0.250. The second-order valence-corrected chi connectivity index (χ2v) is 6.85. The van der Waals surface area contributed by atoms with E-state index in [0.29, 0.717) is 41.9 Å². The maximum atomic E-state index is 13.8. The molecule has 3 amide bonds. The summed E-state index contributed by atoms with van der Waals surface area (Å²) >= 11 is 0. The Bertz CT molecular complexity index is 1030. The molecule has 1 aromatic heterocycles. The van der Waals surface area contributed by atoms with Crippen LogP contribution >= 0.6 is 0 Å². The molecule has 2 aliphatic heterocycles. The lowest BCUT2D eigenvalue weighted by Crippen LogP contribution is -2.38. The van der Waals surface area contributed by atoms with Gasteiger partial charge in [-0.3, -0.25) is 19.3 Å². The number of rotatable bonds is 4. The van der Waals surface area contributed by atoms with Gasteiger partial charge in [0, 0.05) is 24.7 Å². The molecule has 0 radical (unpaired) electrons. The van der Waals surface area contributed by atoms with E-state index in [0.717, 1.165) is 4.90 Å². The molecule has 3 heterocycles. The third-order valence-corrected chi connectivity index (χ3v) is 4.94. The Balaban J connectivity index is 1.44. The molecule has 9 heteroatoms. The van der Waals surface area contributed by atoms with Crippen LogP contribution in [0.2, 0.25) is 0 Å². The summed E-state index contributed by atoms with van der Waals surface area (Å²) < 4.78 is 13.8. The zero-order valence-electron chi connectivity index (χ0n) is 15.7. The molecule has 0 unspecified atom stereocenters. The van der Waals surface area contributed by atoms with Gasteiger partial charge in [-0.15, -0.1) is 10.2 Å². The lowest BCUT2D eigenvalue weighted by atomic mass is 10.0. The first-order valence-electron chi connectivity index (χ1n) is 9.14. The number of carbonyl (C=O) groups excluding carboxylic acids is 3. The SMILES string of the molecule is CN1C(=O)C2=C(C1=O)N(CC(=O)Nc1ccc(-c3ccccc3F)nn1)CCC2. The van der Waals surface area contributed by atoms with Gasteiger partial charge in [0.25, 0.3) is 11.8 Å². The van der Waals surface area contributed by atoms with Crippen molar-refractivity contribution in [1.29, 1.82) is 0 Å². The second-order valence-electron chi connectivity index (χ2n) is 6.85. The number of likely N-dealkylation sites (N-methyl/N-ethyl adjacent to an activating group) is 1. The molecule has 0 saturated carbocycles. The molecule has 148 valence electrons. The Morgan fingerprint density at radius 1 is 1.14 bits per heavy atom. The number of nitrogens with zero attached hydrogens (tertiary/aromatic N) is 4. The smallest absolute Gasteiger partial charge is 0.277 e. The Labute approximate surface area is 166 Å². The van der Waals surface area contributed by atoms with E-state index in [-0.39, 0.29) is 30.1 Å². The van der Waals surface area contributed by atoms with Crippen LogP contribution in [0.15, 0.2) is 47.7 Å². The number of halogens is 1. The molecule has 2 aliphatic rings. The highest BCUT2D eigenvalue weighted by Crippen LogP contribution is 2.30. The summed E-state index contributed by atoms with van der Waals surface area (Å²) in [6.07, 6.45) is 1.22. The van der Waals surface area contributed by atoms with Gasteiger partial charge in [-0.05, 0) is 37.1 Å². The molecule has 0 bridgehead atoms. The average Bonchev–Trinajstić information content (AvgIpc) is 2.94. The highest BCUT2D eigenvalue weighted by Gasteiger charge is 2.40. The van der Waals surface area contributed by atoms with Gasteiger partial charge in [0.2, 0.25) is 5.91 Å². The van der Waals surface area contributed by atoms with E-state index in [1.54, 1.807) is 29.2 Å². The van der Waals surface area contributed by atoms with E-state index >= 15 is 0 Å². The van der Waals surface area contributed by atoms with Gasteiger partial charge in [0.05, 0.1) is 12.2 Å². The number of nitrogens with one attached hydrogen (secondary N) is 1. The summed E-state index contributed by atoms with van der Waals surface area (Å²) in [5.74, 6) is -1.27. The first-order valence-corrected chi connectivity index (χ1v) is 9.14. The highest BCUT2D eigenvalue weighted by atomic mass is 19.1. The topological polar surface area (TPSA) is 95.5 Å². The molecule has 0 spiro atoms. The molecule has 1 N–H and O–H groups in total. The van der Waals surface area contributed by atoms with Gasteiger partial charge in [-0.25, -0.2) is 4.39 Å². The van der Waals surface area contributed by atoms with Crippen LogP contribution in [0, 0.1) is 5.82 Å². The fourth-order valence-corrected chi connectivity index (χ4v) is 3.52. The highest BCUT2D eigenvalue weighted by molar-refractivity contribution is 6.19. The van der Waals surface area contributed by atoms with Crippen molar-refractivity contribution in [2.45, 2.75) is 12.8 Å². The number of anilines is 1. The normalized spacial score (nSPS) is 16.3. The molecule has 0 aliphatic carbocycles. The largest absolute Gasteiger partial charge is 0.357 e. The predicted molar refractivity (Wildman–Crippen MR) is 102 cm³/mol. The van der Waals surface area contributed by atoms with Crippen LogP contribution in [0.5, 0.6) is 0 Å². The van der Waals surface area contributed by atoms with Crippen molar-refractivity contribution in [3.05, 3.63) is 53.5 Å². The van der Waals surface area contributed by atoms with E-state index in [2.05, 4.69) is 15.5 Å². The van der Waals surface area contributed by atoms with Gasteiger partial charge in [-0.2, -0.15) is 0 Å². The molecule has 29 heavy (non-hydrogen) atoms. The minimum absolute atomic E-state index is 0.0809. The second kappa shape index (κ2) is 7.42. The van der Waals surface area contributed by atoms with E-state index in [9.17, 15) is 18.8 Å². The summed E-state index contributed by atoms with van der Waals surface area (Å²) in [6, 6.07) is 9.31. The maximum Gasteiger partial charge on any atom is 0.277 e. The number of benzene rings is 1. The molecule has 8 nitrogen and oxygen atoms in total. The molecule has 2 aromatic rings. The number of carbonyl (C=O) groups is 3. The van der Waals surface area contributed by atoms with E-state index in [1.165, 1.54) is 19.2 Å². The van der Waals surface area contributed by atoms with Crippen LogP contribution in [0.25, 0.3) is 11.3 Å². The standard InChI is InChI=1S/C20H18FN5O3/c1-25-19(28)13-6-4-10-26(18(13)20(25)29)11-17(27)22-16-9-8-15(23-24-16)12-5-2-3-7-14(12)21/h2-3,5,7-9H,4,6,10-11H2,1H3,(H,22,24,27). The molecule has 1 aromatic carbocycles. The zero-order valence-corrected chi connectivity index (χ0v) is 15.7. The summed E-state index contributed by atoms with van der Waals surface area (Å²) in [5.41, 5.74) is 1.44. The minimum atomic E-state index is -0.409. The molecule has 0 saturated heterocycles. The first kappa shape index (κ1) is 18.7. The minimum Gasteiger partial charge on any atom is -0.357 e. The number of amides is 3. The Hall–Kier alpha value is -3.62. The third kappa shape index (κ3) is 3.46. The van der Waals surface area contributed by atoms with Gasteiger partial charge >= 0.3 is 0 Å². The van der Waals surface area contributed by atoms with Gasteiger partial charge in [-0.1, -0.05) is 12.1 Å². The van der Waals surface area contributed by atoms with Crippen LogP contribution in [-0.4, -0.2) is 57.9 Å². The fourth-order valence-electron chi connectivity index (χ4n) is 3.52. The number of aromatic nitrogens is 2. The summed E-state index contributed by atoms with van der Waals surface area (Å²) in [5, 5.41) is 10.5. The Morgan fingerprint density at radius 2 is 1.93 bits per heavy atom. The van der Waals surface area contributed by atoms with E-state index in [1.807, 2.05) is 0 Å². The summed E-state index contributed by atoms with van der Waals surface area (Å²) in [6.45, 7) is 0.430. The van der Waals surface area contributed by atoms with Crippen LogP contribution < -0.4 is 5.32 Å². The Kier molecular flexibility index (Phi) is 4.79. The number of hydrogen-bond donors (Lipinski definition) is 1. The van der Waals surface area contributed by atoms with Gasteiger partial charge in [0.1, 0.15) is 11.5 Å². The van der Waals surface area contributed by atoms with Crippen molar-refractivity contribution in [1.82, 2.24) is 20.0 Å². The third-order valence-electron chi connectivity index (χ3n) is 4.94. The van der Waals surface area contributed by atoms with Crippen LogP contribution in [0.4, 0.5) is 10.2 Å². The van der Waals surface area contributed by atoms with Gasteiger partial charge in [0.15, 0.2) is 5.82 Å². The zero-order chi connectivity index (χ0) is 20.5. The predicted octanol–water partition coefficient (Wildman–Crippen LogP) is 1.57. The van der Waals surface area contributed by atoms with Crippen molar-refractivity contribution in [2.24, 2.45) is 0 Å². The van der Waals surface area contributed by atoms with E-state index in [4.69, 9.17) is 0 Å². The van der Waals surface area contributed by atoms with Crippen molar-refractivity contribution in [3.63, 3.8) is 0 Å². The van der Waals surface area contributed by atoms with E-state index < -0.39 is 5.82 Å². The van der Waals surface area contributed by atoms with Crippen molar-refractivity contribution in [2.75, 3.05) is 25.5 Å². The van der Waals surface area contributed by atoms with Crippen LogP contribution in [-0.2, 0) is 14.4 Å². The molecule has 0 fully saturated rings. The van der Waals surface area contributed by atoms with Gasteiger partial charge < -0.3 is 10.2 Å². The van der Waals surface area contributed by atoms with Crippen LogP contribution in [0.1, 0.15) is 12.8 Å². The molecule has 4 rings (SSSR count). The van der Waals surface area contributed by atoms with Crippen molar-refractivity contribution >= 4 is 23.5 Å². The molecular weight excluding hydrogens is 377 g/mol. The maximum absolute atomic E-state index is 13.8. The van der Waals surface area contributed by atoms with Crippen LogP contribution in [0.3, 0.4) is 0 Å². The summed E-state index contributed by atoms with van der Waals surface area (Å²) in [7, 11) is 1.44. The lowest BCUT2D eigenvalue weighted by molar-refractivity contribution is -0.136. The first-order chi connectivity index (χ1) is 14.0. The number of hydrogen-bond acceptors (Lipinski definition) is 6. The quantitative estimate of drug-likeness (QED) is 0.790. The lowest BCUT2D eigenvalue weighted by Gasteiger charge is -2.28. The van der Waals surface area contributed by atoms with Crippen molar-refractivity contribution in [3.8, 4) is 11.3 Å². The van der Waals surface area contributed by atoms with Crippen molar-refractivity contribution < 1.29 is 18.8 Å². The molecular formula is C20H18FN5O3. The average molecular weight is 395 g/mol. The summed E-state index contributed by atoms with van der Waals surface area (Å²) in [4.78, 5) is 39.6. The molecule has 0 atom stereocenters.